The molecule has 1 amide bonds. The summed E-state index contributed by atoms with van der Waals surface area (Å²) in [4.78, 5) is 13.3. The lowest BCUT2D eigenvalue weighted by molar-refractivity contribution is -0.129. The molecule has 0 aliphatic rings. The predicted octanol–water partition coefficient (Wildman–Crippen LogP) is 1.13. The molecule has 0 aromatic heterocycles. The smallest absolute Gasteiger partial charge is 0.236 e. The van der Waals surface area contributed by atoms with Crippen LogP contribution in [0.25, 0.3) is 0 Å². The van der Waals surface area contributed by atoms with Crippen LogP contribution in [-0.4, -0.2) is 30.9 Å². The van der Waals surface area contributed by atoms with Crippen molar-refractivity contribution in [2.24, 2.45) is 0 Å². The molecule has 0 saturated heterocycles. The van der Waals surface area contributed by atoms with Crippen LogP contribution in [0, 0.1) is 11.3 Å². The lowest BCUT2D eigenvalue weighted by Crippen LogP contribution is -2.35. The van der Waals surface area contributed by atoms with E-state index in [0.29, 0.717) is 18.7 Å². The van der Waals surface area contributed by atoms with E-state index in [1.165, 1.54) is 0 Å². The van der Waals surface area contributed by atoms with Crippen LogP contribution in [0.5, 0.6) is 0 Å². The Balaban J connectivity index is 2.52. The third-order valence-electron chi connectivity index (χ3n) is 2.45. The Morgan fingerprint density at radius 1 is 1.41 bits per heavy atom. The Kier molecular flexibility index (Phi) is 5.18. The molecule has 4 nitrogen and oxygen atoms in total. The Morgan fingerprint density at radius 2 is 2.06 bits per heavy atom. The van der Waals surface area contributed by atoms with Crippen LogP contribution < -0.4 is 5.32 Å². The SMILES string of the molecule is CCNCC(=O)N(C)Cc1ccc(C#N)cc1. The number of hydrogen-bond acceptors (Lipinski definition) is 3. The van der Waals surface area contributed by atoms with Gasteiger partial charge in [0.15, 0.2) is 0 Å². The molecule has 0 aliphatic carbocycles. The second-order valence-corrected chi connectivity index (χ2v) is 3.84. The number of nitriles is 1. The Morgan fingerprint density at radius 3 is 2.59 bits per heavy atom. The van der Waals surface area contributed by atoms with Crippen LogP contribution in [0.15, 0.2) is 24.3 Å². The second kappa shape index (κ2) is 6.66. The first-order valence-electron chi connectivity index (χ1n) is 5.61. The molecule has 17 heavy (non-hydrogen) atoms. The number of carbonyl (C=O) groups excluding carboxylic acids is 1. The Labute approximate surface area is 102 Å². The number of hydrogen-bond donors (Lipinski definition) is 1. The van der Waals surface area contributed by atoms with Crippen LogP contribution in [0.3, 0.4) is 0 Å². The van der Waals surface area contributed by atoms with Crippen LogP contribution in [0.2, 0.25) is 0 Å². The number of benzene rings is 1. The first kappa shape index (κ1) is 13.2. The first-order chi connectivity index (χ1) is 8.17. The minimum absolute atomic E-state index is 0.0659. The summed E-state index contributed by atoms with van der Waals surface area (Å²) in [6.07, 6.45) is 0. The summed E-state index contributed by atoms with van der Waals surface area (Å²) in [5, 5.41) is 11.7. The highest BCUT2D eigenvalue weighted by molar-refractivity contribution is 5.77. The van der Waals surface area contributed by atoms with E-state index in [2.05, 4.69) is 11.4 Å². The van der Waals surface area contributed by atoms with Gasteiger partial charge in [-0.2, -0.15) is 5.26 Å². The molecule has 0 atom stereocenters. The van der Waals surface area contributed by atoms with E-state index in [1.54, 1.807) is 24.1 Å². The number of carbonyl (C=O) groups is 1. The van der Waals surface area contributed by atoms with Crippen molar-refractivity contribution in [3.63, 3.8) is 0 Å². The topological polar surface area (TPSA) is 56.1 Å². The van der Waals surface area contributed by atoms with Crippen molar-refractivity contribution < 1.29 is 4.79 Å². The number of nitrogens with one attached hydrogen (secondary N) is 1. The summed E-state index contributed by atoms with van der Waals surface area (Å²) < 4.78 is 0. The van der Waals surface area contributed by atoms with E-state index in [4.69, 9.17) is 5.26 Å². The van der Waals surface area contributed by atoms with Crippen molar-refractivity contribution in [1.29, 1.82) is 5.26 Å². The zero-order valence-electron chi connectivity index (χ0n) is 10.2. The molecular weight excluding hydrogens is 214 g/mol. The van der Waals surface area contributed by atoms with Gasteiger partial charge in [-0.15, -0.1) is 0 Å². The molecule has 0 saturated carbocycles. The summed E-state index contributed by atoms with van der Waals surface area (Å²) >= 11 is 0. The van der Waals surface area contributed by atoms with E-state index >= 15 is 0 Å². The van der Waals surface area contributed by atoms with Gasteiger partial charge in [0.05, 0.1) is 18.2 Å². The summed E-state index contributed by atoms with van der Waals surface area (Å²) in [5.41, 5.74) is 1.66. The number of rotatable bonds is 5. The maximum atomic E-state index is 11.6. The number of amides is 1. The third kappa shape index (κ3) is 4.25. The largest absolute Gasteiger partial charge is 0.340 e. The average molecular weight is 231 g/mol. The lowest BCUT2D eigenvalue weighted by atomic mass is 10.1. The van der Waals surface area contributed by atoms with Gasteiger partial charge in [-0.3, -0.25) is 4.79 Å². The van der Waals surface area contributed by atoms with Crippen molar-refractivity contribution in [3.05, 3.63) is 35.4 Å². The highest BCUT2D eigenvalue weighted by atomic mass is 16.2. The predicted molar refractivity (Wildman–Crippen MR) is 66.2 cm³/mol. The average Bonchev–Trinajstić information content (AvgIpc) is 2.36. The second-order valence-electron chi connectivity index (χ2n) is 3.84. The van der Waals surface area contributed by atoms with Gasteiger partial charge in [0, 0.05) is 13.6 Å². The molecule has 1 aromatic rings. The van der Waals surface area contributed by atoms with Crippen molar-refractivity contribution >= 4 is 5.91 Å². The van der Waals surface area contributed by atoms with Crippen LogP contribution >= 0.6 is 0 Å². The van der Waals surface area contributed by atoms with Gasteiger partial charge in [0.25, 0.3) is 0 Å². The van der Waals surface area contributed by atoms with Gasteiger partial charge in [-0.1, -0.05) is 19.1 Å². The van der Waals surface area contributed by atoms with Crippen LogP contribution in [0.4, 0.5) is 0 Å². The quantitative estimate of drug-likeness (QED) is 0.826. The molecular formula is C13H17N3O. The number of nitrogens with zero attached hydrogens (tertiary/aromatic N) is 2. The summed E-state index contributed by atoms with van der Waals surface area (Å²) in [6, 6.07) is 9.33. The van der Waals surface area contributed by atoms with Gasteiger partial charge in [-0.25, -0.2) is 0 Å². The molecule has 1 aromatic carbocycles. The minimum Gasteiger partial charge on any atom is -0.340 e. The minimum atomic E-state index is 0.0659. The Hall–Kier alpha value is -1.86. The summed E-state index contributed by atoms with van der Waals surface area (Å²) in [5.74, 6) is 0.0659. The van der Waals surface area contributed by atoms with Crippen molar-refractivity contribution in [2.45, 2.75) is 13.5 Å². The molecule has 0 radical (unpaired) electrons. The molecule has 1 N–H and O–H groups in total. The van der Waals surface area contributed by atoms with E-state index < -0.39 is 0 Å². The highest BCUT2D eigenvalue weighted by Gasteiger charge is 2.07. The monoisotopic (exact) mass is 231 g/mol. The van der Waals surface area contributed by atoms with Crippen LogP contribution in [0.1, 0.15) is 18.1 Å². The summed E-state index contributed by atoms with van der Waals surface area (Å²) in [6.45, 7) is 3.68. The third-order valence-corrected chi connectivity index (χ3v) is 2.45. The molecule has 0 fully saturated rings. The fourth-order valence-electron chi connectivity index (χ4n) is 1.41. The molecule has 0 heterocycles. The van der Waals surface area contributed by atoms with Crippen molar-refractivity contribution in [3.8, 4) is 6.07 Å². The number of likely N-dealkylation sites (N-methyl/N-ethyl adjacent to an activating group) is 2. The highest BCUT2D eigenvalue weighted by Crippen LogP contribution is 2.05. The lowest BCUT2D eigenvalue weighted by Gasteiger charge is -2.17. The zero-order valence-corrected chi connectivity index (χ0v) is 10.2. The van der Waals surface area contributed by atoms with E-state index in [1.807, 2.05) is 19.1 Å². The fraction of sp³-hybridized carbons (Fsp3) is 0.385. The van der Waals surface area contributed by atoms with Crippen LogP contribution in [-0.2, 0) is 11.3 Å². The molecule has 0 aliphatic heterocycles. The molecule has 90 valence electrons. The zero-order chi connectivity index (χ0) is 12.7. The van der Waals surface area contributed by atoms with E-state index in [9.17, 15) is 4.79 Å². The van der Waals surface area contributed by atoms with Crippen molar-refractivity contribution in [1.82, 2.24) is 10.2 Å². The molecule has 4 heteroatoms. The van der Waals surface area contributed by atoms with Crippen molar-refractivity contribution in [2.75, 3.05) is 20.1 Å². The summed E-state index contributed by atoms with van der Waals surface area (Å²) in [7, 11) is 1.78. The van der Waals surface area contributed by atoms with Gasteiger partial charge >= 0.3 is 0 Å². The Bertz CT molecular complexity index is 406. The molecule has 0 spiro atoms. The maximum Gasteiger partial charge on any atom is 0.236 e. The molecule has 1 rings (SSSR count). The standard InChI is InChI=1S/C13H17N3O/c1-3-15-9-13(17)16(2)10-12-6-4-11(8-14)5-7-12/h4-7,15H,3,9-10H2,1-2H3. The first-order valence-corrected chi connectivity index (χ1v) is 5.61. The van der Waals surface area contributed by atoms with E-state index in [-0.39, 0.29) is 5.91 Å². The van der Waals surface area contributed by atoms with Gasteiger partial charge < -0.3 is 10.2 Å². The van der Waals surface area contributed by atoms with Gasteiger partial charge in [0.1, 0.15) is 0 Å². The maximum absolute atomic E-state index is 11.6. The molecule has 0 bridgehead atoms. The van der Waals surface area contributed by atoms with E-state index in [0.717, 1.165) is 12.1 Å². The van der Waals surface area contributed by atoms with Gasteiger partial charge in [-0.05, 0) is 24.2 Å². The molecule has 0 unspecified atom stereocenters. The fourth-order valence-corrected chi connectivity index (χ4v) is 1.41. The normalized spacial score (nSPS) is 9.71. The van der Waals surface area contributed by atoms with Gasteiger partial charge in [0.2, 0.25) is 5.91 Å².